The number of ether oxygens (including phenoxy) is 1. The summed E-state index contributed by atoms with van der Waals surface area (Å²) in [6.07, 6.45) is 3.04. The van der Waals surface area contributed by atoms with Crippen molar-refractivity contribution >= 4 is 17.6 Å². The lowest BCUT2D eigenvalue weighted by molar-refractivity contribution is 0.0594. The monoisotopic (exact) mass is 289 g/mol. The molecule has 0 saturated carbocycles. The Bertz CT molecular complexity index is 648. The Morgan fingerprint density at radius 1 is 1.45 bits per heavy atom. The van der Waals surface area contributed by atoms with Crippen LogP contribution in [0.2, 0.25) is 5.02 Å². The molecule has 3 nitrogen and oxygen atoms in total. The third kappa shape index (κ3) is 2.46. The molecule has 104 valence electrons. The number of fused-ring (bicyclic) bond motifs is 1. The highest BCUT2D eigenvalue weighted by molar-refractivity contribution is 6.30. The van der Waals surface area contributed by atoms with Gasteiger partial charge >= 0.3 is 5.97 Å². The Labute approximate surface area is 122 Å². The van der Waals surface area contributed by atoms with Crippen molar-refractivity contribution < 1.29 is 9.53 Å². The fourth-order valence-electron chi connectivity index (χ4n) is 2.94. The van der Waals surface area contributed by atoms with E-state index in [-0.39, 0.29) is 5.97 Å². The number of esters is 1. The first-order valence-corrected chi connectivity index (χ1v) is 7.09. The van der Waals surface area contributed by atoms with Gasteiger partial charge in [0.1, 0.15) is 5.69 Å². The lowest BCUT2D eigenvalue weighted by Gasteiger charge is -2.10. The molecule has 1 N–H and O–H groups in total. The third-order valence-corrected chi connectivity index (χ3v) is 4.13. The molecule has 1 unspecified atom stereocenters. The van der Waals surface area contributed by atoms with Gasteiger partial charge < -0.3 is 9.72 Å². The molecule has 0 saturated heterocycles. The number of hydrogen-bond acceptors (Lipinski definition) is 2. The Morgan fingerprint density at radius 3 is 3.05 bits per heavy atom. The number of carbonyl (C=O) groups is 1. The summed E-state index contributed by atoms with van der Waals surface area (Å²) in [5.41, 5.74) is 4.19. The summed E-state index contributed by atoms with van der Waals surface area (Å²) < 4.78 is 4.75. The van der Waals surface area contributed by atoms with Crippen LogP contribution in [-0.2, 0) is 17.6 Å². The minimum absolute atomic E-state index is 0.305. The van der Waals surface area contributed by atoms with Crippen molar-refractivity contribution in [1.29, 1.82) is 0 Å². The first-order chi connectivity index (χ1) is 9.67. The smallest absolute Gasteiger partial charge is 0.354 e. The molecule has 0 bridgehead atoms. The van der Waals surface area contributed by atoms with Crippen molar-refractivity contribution in [3.63, 3.8) is 0 Å². The van der Waals surface area contributed by atoms with Crippen molar-refractivity contribution in [2.45, 2.75) is 25.2 Å². The van der Waals surface area contributed by atoms with E-state index in [0.717, 1.165) is 30.0 Å². The fourth-order valence-corrected chi connectivity index (χ4v) is 3.15. The van der Waals surface area contributed by atoms with E-state index >= 15 is 0 Å². The van der Waals surface area contributed by atoms with Crippen molar-refractivity contribution in [1.82, 2.24) is 4.98 Å². The number of nitrogens with one attached hydrogen (secondary N) is 1. The SMILES string of the molecule is COC(=O)c1cc2c([nH]1)CCC2Cc1cccc(Cl)c1. The van der Waals surface area contributed by atoms with Crippen LogP contribution in [0.5, 0.6) is 0 Å². The van der Waals surface area contributed by atoms with E-state index in [1.54, 1.807) is 0 Å². The molecular weight excluding hydrogens is 274 g/mol. The minimum atomic E-state index is -0.305. The zero-order valence-corrected chi connectivity index (χ0v) is 12.0. The first-order valence-electron chi connectivity index (χ1n) is 6.72. The molecule has 1 heterocycles. The average Bonchev–Trinajstić information content (AvgIpc) is 3.00. The summed E-state index contributed by atoms with van der Waals surface area (Å²) in [5.74, 6) is 0.138. The highest BCUT2D eigenvalue weighted by atomic mass is 35.5. The zero-order chi connectivity index (χ0) is 14.1. The maximum absolute atomic E-state index is 11.6. The zero-order valence-electron chi connectivity index (χ0n) is 11.3. The van der Waals surface area contributed by atoms with Crippen LogP contribution in [0.15, 0.2) is 30.3 Å². The van der Waals surface area contributed by atoms with E-state index < -0.39 is 0 Å². The van der Waals surface area contributed by atoms with Crippen LogP contribution in [0.25, 0.3) is 0 Å². The highest BCUT2D eigenvalue weighted by Gasteiger charge is 2.26. The van der Waals surface area contributed by atoms with Gasteiger partial charge in [0.15, 0.2) is 0 Å². The Hall–Kier alpha value is -1.74. The number of carbonyl (C=O) groups excluding carboxylic acids is 1. The predicted octanol–water partition coefficient (Wildman–Crippen LogP) is 3.73. The number of aryl methyl sites for hydroxylation is 1. The number of halogens is 1. The van der Waals surface area contributed by atoms with E-state index in [4.69, 9.17) is 16.3 Å². The summed E-state index contributed by atoms with van der Waals surface area (Å²) in [7, 11) is 1.40. The molecule has 1 atom stereocenters. The fraction of sp³-hybridized carbons (Fsp3) is 0.312. The molecular formula is C16H16ClNO2. The topological polar surface area (TPSA) is 42.1 Å². The van der Waals surface area contributed by atoms with Crippen LogP contribution >= 0.6 is 11.6 Å². The van der Waals surface area contributed by atoms with E-state index in [1.807, 2.05) is 24.3 Å². The molecule has 0 radical (unpaired) electrons. The normalized spacial score (nSPS) is 17.0. The van der Waals surface area contributed by atoms with Gasteiger partial charge in [-0.3, -0.25) is 0 Å². The minimum Gasteiger partial charge on any atom is -0.464 e. The van der Waals surface area contributed by atoms with Crippen LogP contribution in [0, 0.1) is 0 Å². The summed E-state index contributed by atoms with van der Waals surface area (Å²) in [6, 6.07) is 9.90. The summed E-state index contributed by atoms with van der Waals surface area (Å²) in [6.45, 7) is 0. The maximum Gasteiger partial charge on any atom is 0.354 e. The second kappa shape index (κ2) is 5.33. The second-order valence-electron chi connectivity index (χ2n) is 5.18. The number of methoxy groups -OCH3 is 1. The highest BCUT2D eigenvalue weighted by Crippen LogP contribution is 2.36. The van der Waals surface area contributed by atoms with Crippen molar-refractivity contribution in [2.24, 2.45) is 0 Å². The summed E-state index contributed by atoms with van der Waals surface area (Å²) in [4.78, 5) is 14.7. The van der Waals surface area contributed by atoms with Crippen LogP contribution < -0.4 is 0 Å². The van der Waals surface area contributed by atoms with E-state index in [9.17, 15) is 4.79 Å². The lowest BCUT2D eigenvalue weighted by Crippen LogP contribution is -2.02. The van der Waals surface area contributed by atoms with Gasteiger partial charge in [0.05, 0.1) is 7.11 Å². The Morgan fingerprint density at radius 2 is 2.30 bits per heavy atom. The quantitative estimate of drug-likeness (QED) is 0.875. The molecule has 4 heteroatoms. The van der Waals surface area contributed by atoms with Crippen LogP contribution in [0.3, 0.4) is 0 Å². The molecule has 1 aromatic carbocycles. The van der Waals surface area contributed by atoms with Gasteiger partial charge in [-0.15, -0.1) is 0 Å². The number of aromatic amines is 1. The first kappa shape index (κ1) is 13.3. The molecule has 20 heavy (non-hydrogen) atoms. The van der Waals surface area contributed by atoms with Gasteiger partial charge in [-0.25, -0.2) is 4.79 Å². The molecule has 0 spiro atoms. The van der Waals surface area contributed by atoms with Crippen molar-refractivity contribution in [2.75, 3.05) is 7.11 Å². The Kier molecular flexibility index (Phi) is 3.53. The number of H-pyrrole nitrogens is 1. The van der Waals surface area contributed by atoms with Gasteiger partial charge in [0.25, 0.3) is 0 Å². The third-order valence-electron chi connectivity index (χ3n) is 3.89. The summed E-state index contributed by atoms with van der Waals surface area (Å²) >= 11 is 6.03. The van der Waals surface area contributed by atoms with Gasteiger partial charge in [0.2, 0.25) is 0 Å². The molecule has 2 aromatic rings. The molecule has 0 fully saturated rings. The molecule has 1 aliphatic rings. The summed E-state index contributed by atoms with van der Waals surface area (Å²) in [5, 5.41) is 0.769. The molecule has 0 aliphatic heterocycles. The van der Waals surface area contributed by atoms with Crippen molar-refractivity contribution in [3.8, 4) is 0 Å². The molecule has 1 aromatic heterocycles. The molecule has 3 rings (SSSR count). The Balaban J connectivity index is 1.82. The second-order valence-corrected chi connectivity index (χ2v) is 5.61. The molecule has 1 aliphatic carbocycles. The number of hydrogen-bond donors (Lipinski definition) is 1. The van der Waals surface area contributed by atoms with Crippen LogP contribution in [-0.4, -0.2) is 18.1 Å². The molecule has 0 amide bonds. The lowest BCUT2D eigenvalue weighted by atomic mass is 9.95. The van der Waals surface area contributed by atoms with E-state index in [1.165, 1.54) is 18.2 Å². The van der Waals surface area contributed by atoms with E-state index in [2.05, 4.69) is 11.1 Å². The predicted molar refractivity (Wildman–Crippen MR) is 78.4 cm³/mol. The van der Waals surface area contributed by atoms with Crippen LogP contribution in [0.4, 0.5) is 0 Å². The van der Waals surface area contributed by atoms with Gasteiger partial charge in [-0.1, -0.05) is 23.7 Å². The van der Waals surface area contributed by atoms with Crippen molar-refractivity contribution in [3.05, 3.63) is 57.9 Å². The van der Waals surface area contributed by atoms with Gasteiger partial charge in [-0.05, 0) is 54.5 Å². The maximum atomic E-state index is 11.6. The number of rotatable bonds is 3. The number of benzene rings is 1. The van der Waals surface area contributed by atoms with Gasteiger partial charge in [0, 0.05) is 10.7 Å². The largest absolute Gasteiger partial charge is 0.464 e. The standard InChI is InChI=1S/C16H16ClNO2/c1-20-16(19)15-9-13-11(5-6-14(13)18-15)7-10-3-2-4-12(17)8-10/h2-4,8-9,11,18H,5-7H2,1H3. The number of aromatic nitrogens is 1. The average molecular weight is 290 g/mol. The van der Waals surface area contributed by atoms with Gasteiger partial charge in [-0.2, -0.15) is 0 Å². The van der Waals surface area contributed by atoms with Crippen LogP contribution in [0.1, 0.15) is 39.6 Å². The van der Waals surface area contributed by atoms with E-state index in [0.29, 0.717) is 11.6 Å².